The number of ether oxygens (including phenoxy) is 1. The normalized spacial score (nSPS) is 11.2. The van der Waals surface area contributed by atoms with Crippen LogP contribution >= 0.6 is 0 Å². The molecule has 0 unspecified atom stereocenters. The third-order valence-corrected chi connectivity index (χ3v) is 3.36. The van der Waals surface area contributed by atoms with Crippen molar-refractivity contribution in [1.82, 2.24) is 9.97 Å². The molecule has 2 rings (SSSR count). The Labute approximate surface area is 119 Å². The summed E-state index contributed by atoms with van der Waals surface area (Å²) < 4.78 is 5.49. The van der Waals surface area contributed by atoms with E-state index in [1.807, 2.05) is 27.7 Å². The number of nitriles is 1. The number of H-pyrrole nitrogens is 1. The molecule has 0 amide bonds. The van der Waals surface area contributed by atoms with E-state index in [-0.39, 0.29) is 0 Å². The van der Waals surface area contributed by atoms with Crippen LogP contribution < -0.4 is 4.74 Å². The fraction of sp³-hybridized carbons (Fsp3) is 0.375. The van der Waals surface area contributed by atoms with E-state index >= 15 is 0 Å². The van der Waals surface area contributed by atoms with Gasteiger partial charge >= 0.3 is 0 Å². The molecule has 0 saturated carbocycles. The summed E-state index contributed by atoms with van der Waals surface area (Å²) in [5, 5.41) is 9.18. The van der Waals surface area contributed by atoms with Crippen molar-refractivity contribution in [2.45, 2.75) is 33.1 Å². The number of imidazole rings is 1. The van der Waals surface area contributed by atoms with Gasteiger partial charge in [0.1, 0.15) is 17.0 Å². The SMILES string of the molecule is COc1c(C)cc(C)cc1-c1cnc(C(C)(C)C#N)[nH]1. The topological polar surface area (TPSA) is 61.7 Å². The van der Waals surface area contributed by atoms with E-state index in [1.165, 1.54) is 0 Å². The van der Waals surface area contributed by atoms with Gasteiger partial charge in [0.05, 0.1) is 25.1 Å². The van der Waals surface area contributed by atoms with Crippen LogP contribution in [0.1, 0.15) is 30.8 Å². The van der Waals surface area contributed by atoms with E-state index in [4.69, 9.17) is 4.74 Å². The van der Waals surface area contributed by atoms with Crippen LogP contribution in [0.3, 0.4) is 0 Å². The number of aromatic amines is 1. The molecule has 1 heterocycles. The van der Waals surface area contributed by atoms with Gasteiger partial charge in [-0.1, -0.05) is 6.07 Å². The van der Waals surface area contributed by atoms with Crippen molar-refractivity contribution in [3.05, 3.63) is 35.3 Å². The van der Waals surface area contributed by atoms with Crippen molar-refractivity contribution in [1.29, 1.82) is 5.26 Å². The van der Waals surface area contributed by atoms with Gasteiger partial charge in [-0.2, -0.15) is 5.26 Å². The number of nitrogens with zero attached hydrogens (tertiary/aromatic N) is 2. The molecule has 4 nitrogen and oxygen atoms in total. The maximum Gasteiger partial charge on any atom is 0.131 e. The second kappa shape index (κ2) is 5.01. The van der Waals surface area contributed by atoms with E-state index < -0.39 is 5.41 Å². The molecule has 0 spiro atoms. The summed E-state index contributed by atoms with van der Waals surface area (Å²) in [7, 11) is 1.66. The smallest absolute Gasteiger partial charge is 0.131 e. The Morgan fingerprint density at radius 2 is 2.00 bits per heavy atom. The molecule has 0 fully saturated rings. The highest BCUT2D eigenvalue weighted by Crippen LogP contribution is 2.34. The largest absolute Gasteiger partial charge is 0.496 e. The molecule has 0 aliphatic heterocycles. The number of nitrogens with one attached hydrogen (secondary N) is 1. The molecule has 104 valence electrons. The van der Waals surface area contributed by atoms with E-state index in [0.717, 1.165) is 28.1 Å². The highest BCUT2D eigenvalue weighted by atomic mass is 16.5. The van der Waals surface area contributed by atoms with Crippen LogP contribution in [0.5, 0.6) is 5.75 Å². The maximum atomic E-state index is 9.18. The predicted octanol–water partition coefficient (Wildman–Crippen LogP) is 3.50. The molecule has 1 aromatic heterocycles. The summed E-state index contributed by atoms with van der Waals surface area (Å²) in [6, 6.07) is 6.39. The third-order valence-electron chi connectivity index (χ3n) is 3.36. The Bertz CT molecular complexity index is 678. The standard InChI is InChI=1S/C16H19N3O/c1-10-6-11(2)14(20-5)12(7-10)13-8-18-15(19-13)16(3,4)9-17/h6-8H,1-5H3,(H,18,19). The average Bonchev–Trinajstić information content (AvgIpc) is 2.88. The fourth-order valence-corrected chi connectivity index (χ4v) is 2.25. The molecule has 2 aromatic rings. The molecule has 1 aromatic carbocycles. The highest BCUT2D eigenvalue weighted by Gasteiger charge is 2.24. The third kappa shape index (κ3) is 2.39. The van der Waals surface area contributed by atoms with Crippen LogP contribution in [-0.2, 0) is 5.41 Å². The minimum Gasteiger partial charge on any atom is -0.496 e. The van der Waals surface area contributed by atoms with Gasteiger partial charge in [-0.3, -0.25) is 0 Å². The summed E-state index contributed by atoms with van der Waals surface area (Å²) >= 11 is 0. The van der Waals surface area contributed by atoms with Crippen LogP contribution in [0.4, 0.5) is 0 Å². The van der Waals surface area contributed by atoms with Gasteiger partial charge in [0, 0.05) is 5.56 Å². The van der Waals surface area contributed by atoms with Crippen molar-refractivity contribution in [3.8, 4) is 23.1 Å². The van der Waals surface area contributed by atoms with Crippen molar-refractivity contribution in [3.63, 3.8) is 0 Å². The van der Waals surface area contributed by atoms with Crippen molar-refractivity contribution >= 4 is 0 Å². The van der Waals surface area contributed by atoms with E-state index in [1.54, 1.807) is 13.3 Å². The molecule has 0 radical (unpaired) electrons. The number of aryl methyl sites for hydroxylation is 2. The minimum absolute atomic E-state index is 0.635. The Hall–Kier alpha value is -2.28. The average molecular weight is 269 g/mol. The lowest BCUT2D eigenvalue weighted by atomic mass is 9.95. The lowest BCUT2D eigenvalue weighted by Crippen LogP contribution is -2.15. The van der Waals surface area contributed by atoms with Crippen LogP contribution in [0.15, 0.2) is 18.3 Å². The Balaban J connectivity index is 2.56. The van der Waals surface area contributed by atoms with Gasteiger partial charge < -0.3 is 9.72 Å². The number of methoxy groups -OCH3 is 1. The second-order valence-electron chi connectivity index (χ2n) is 5.54. The Morgan fingerprint density at radius 1 is 1.30 bits per heavy atom. The Kier molecular flexibility index (Phi) is 3.54. The first kappa shape index (κ1) is 14.1. The quantitative estimate of drug-likeness (QED) is 0.927. The molecular weight excluding hydrogens is 250 g/mol. The first-order chi connectivity index (χ1) is 9.39. The molecule has 0 saturated heterocycles. The second-order valence-corrected chi connectivity index (χ2v) is 5.54. The van der Waals surface area contributed by atoms with Crippen molar-refractivity contribution < 1.29 is 4.74 Å². The molecule has 0 aliphatic rings. The number of benzene rings is 1. The summed E-state index contributed by atoms with van der Waals surface area (Å²) in [4.78, 5) is 7.57. The number of rotatable bonds is 3. The van der Waals surface area contributed by atoms with Crippen LogP contribution in [-0.4, -0.2) is 17.1 Å². The predicted molar refractivity (Wildman–Crippen MR) is 78.7 cm³/mol. The van der Waals surface area contributed by atoms with E-state index in [2.05, 4.69) is 28.2 Å². The highest BCUT2D eigenvalue weighted by molar-refractivity contribution is 5.70. The van der Waals surface area contributed by atoms with Crippen LogP contribution in [0.25, 0.3) is 11.3 Å². The van der Waals surface area contributed by atoms with E-state index in [9.17, 15) is 5.26 Å². The zero-order chi connectivity index (χ0) is 14.9. The van der Waals surface area contributed by atoms with Gasteiger partial charge in [-0.05, 0) is 44.9 Å². The summed E-state index contributed by atoms with van der Waals surface area (Å²) in [5.41, 5.74) is 3.45. The molecule has 0 bridgehead atoms. The summed E-state index contributed by atoms with van der Waals surface area (Å²) in [6.07, 6.45) is 1.76. The molecule has 0 atom stereocenters. The monoisotopic (exact) mass is 269 g/mol. The Morgan fingerprint density at radius 3 is 2.60 bits per heavy atom. The van der Waals surface area contributed by atoms with E-state index in [0.29, 0.717) is 5.82 Å². The number of hydrogen-bond donors (Lipinski definition) is 1. The molecule has 1 N–H and O–H groups in total. The summed E-state index contributed by atoms with van der Waals surface area (Å²) in [6.45, 7) is 7.75. The lowest BCUT2D eigenvalue weighted by Gasteiger charge is -2.13. The van der Waals surface area contributed by atoms with Crippen molar-refractivity contribution in [2.75, 3.05) is 7.11 Å². The fourth-order valence-electron chi connectivity index (χ4n) is 2.25. The first-order valence-corrected chi connectivity index (χ1v) is 6.51. The lowest BCUT2D eigenvalue weighted by molar-refractivity contribution is 0.413. The zero-order valence-electron chi connectivity index (χ0n) is 12.5. The summed E-state index contributed by atoms with van der Waals surface area (Å²) in [5.74, 6) is 1.50. The first-order valence-electron chi connectivity index (χ1n) is 6.51. The van der Waals surface area contributed by atoms with Gasteiger partial charge in [-0.25, -0.2) is 4.98 Å². The van der Waals surface area contributed by atoms with Crippen LogP contribution in [0.2, 0.25) is 0 Å². The van der Waals surface area contributed by atoms with Gasteiger partial charge in [0.25, 0.3) is 0 Å². The number of aromatic nitrogens is 2. The van der Waals surface area contributed by atoms with Gasteiger partial charge in [0.2, 0.25) is 0 Å². The molecule has 4 heteroatoms. The maximum absolute atomic E-state index is 9.18. The van der Waals surface area contributed by atoms with Crippen molar-refractivity contribution in [2.24, 2.45) is 0 Å². The molecular formula is C16H19N3O. The molecule has 0 aliphatic carbocycles. The van der Waals surface area contributed by atoms with Gasteiger partial charge in [-0.15, -0.1) is 0 Å². The number of hydrogen-bond acceptors (Lipinski definition) is 3. The molecule has 20 heavy (non-hydrogen) atoms. The van der Waals surface area contributed by atoms with Crippen LogP contribution in [0, 0.1) is 25.2 Å². The minimum atomic E-state index is -0.635. The zero-order valence-corrected chi connectivity index (χ0v) is 12.5. The van der Waals surface area contributed by atoms with Gasteiger partial charge in [0.15, 0.2) is 0 Å².